The number of rotatable bonds is 7. The van der Waals surface area contributed by atoms with E-state index in [0.717, 1.165) is 16.9 Å². The van der Waals surface area contributed by atoms with Crippen LogP contribution < -0.4 is 4.72 Å². The quantitative estimate of drug-likeness (QED) is 0.617. The van der Waals surface area contributed by atoms with Gasteiger partial charge in [0.15, 0.2) is 0 Å². The van der Waals surface area contributed by atoms with Crippen molar-refractivity contribution in [3.05, 3.63) is 74.1 Å². The predicted octanol–water partition coefficient (Wildman–Crippen LogP) is 4.08. The second kappa shape index (κ2) is 7.61. The van der Waals surface area contributed by atoms with Gasteiger partial charge in [0, 0.05) is 22.4 Å². The van der Waals surface area contributed by atoms with Crippen LogP contribution in [0, 0.1) is 0 Å². The Labute approximate surface area is 155 Å². The lowest BCUT2D eigenvalue weighted by molar-refractivity contribution is 0.104. The van der Waals surface area contributed by atoms with Crippen LogP contribution in [0.15, 0.2) is 58.1 Å². The largest absolute Gasteiger partial charge is 0.288 e. The Hall–Kier alpha value is -1.80. The second-order valence-electron chi connectivity index (χ2n) is 5.43. The van der Waals surface area contributed by atoms with Crippen LogP contribution in [0.5, 0.6) is 0 Å². The van der Waals surface area contributed by atoms with Crippen LogP contribution in [0.25, 0.3) is 0 Å². The predicted molar refractivity (Wildman–Crippen MR) is 102 cm³/mol. The molecule has 0 aliphatic heterocycles. The summed E-state index contributed by atoms with van der Waals surface area (Å²) in [7, 11) is -3.56. The first-order chi connectivity index (χ1) is 12.0. The molecule has 0 saturated carbocycles. The summed E-state index contributed by atoms with van der Waals surface area (Å²) in [6.07, 6.45) is 0.865. The molecule has 0 saturated heterocycles. The first kappa shape index (κ1) is 18.0. The fraction of sp³-hybridized carbons (Fsp3) is 0.167. The fourth-order valence-corrected chi connectivity index (χ4v) is 4.93. The van der Waals surface area contributed by atoms with Gasteiger partial charge in [0.2, 0.25) is 15.8 Å². The number of hydrogen-bond donors (Lipinski definition) is 1. The molecule has 2 aromatic heterocycles. The van der Waals surface area contributed by atoms with Crippen LogP contribution in [0.1, 0.15) is 32.6 Å². The number of carbonyl (C=O) groups excluding carboxylic acids is 1. The summed E-state index contributed by atoms with van der Waals surface area (Å²) < 4.78 is 27.3. The highest BCUT2D eigenvalue weighted by molar-refractivity contribution is 7.89. The van der Waals surface area contributed by atoms with Gasteiger partial charge in [-0.3, -0.25) is 4.79 Å². The van der Waals surface area contributed by atoms with Gasteiger partial charge in [-0.25, -0.2) is 13.1 Å². The number of aryl methyl sites for hydroxylation is 1. The Morgan fingerprint density at radius 2 is 1.84 bits per heavy atom. The van der Waals surface area contributed by atoms with E-state index in [1.54, 1.807) is 30.3 Å². The van der Waals surface area contributed by atoms with Crippen LogP contribution in [0.4, 0.5) is 0 Å². The summed E-state index contributed by atoms with van der Waals surface area (Å²) >= 11 is 2.78. The van der Waals surface area contributed by atoms with Crippen molar-refractivity contribution < 1.29 is 13.2 Å². The van der Waals surface area contributed by atoms with Gasteiger partial charge in [-0.1, -0.05) is 19.1 Å². The van der Waals surface area contributed by atoms with Gasteiger partial charge >= 0.3 is 0 Å². The third kappa shape index (κ3) is 4.24. The van der Waals surface area contributed by atoms with Crippen LogP contribution >= 0.6 is 22.7 Å². The summed E-state index contributed by atoms with van der Waals surface area (Å²) in [5.74, 6) is -0.0319. The summed E-state index contributed by atoms with van der Waals surface area (Å²) in [6, 6.07) is 12.2. The van der Waals surface area contributed by atoms with Crippen molar-refractivity contribution in [2.75, 3.05) is 0 Å². The van der Waals surface area contributed by atoms with Crippen molar-refractivity contribution in [2.24, 2.45) is 0 Å². The van der Waals surface area contributed by atoms with Gasteiger partial charge < -0.3 is 0 Å². The number of hydrogen-bond acceptors (Lipinski definition) is 5. The molecular formula is C18H17NO3S3. The molecule has 1 aromatic carbocycles. The number of sulfonamides is 1. The monoisotopic (exact) mass is 391 g/mol. The Morgan fingerprint density at radius 3 is 2.48 bits per heavy atom. The van der Waals surface area contributed by atoms with Crippen LogP contribution in [0.2, 0.25) is 0 Å². The van der Waals surface area contributed by atoms with Gasteiger partial charge in [0.25, 0.3) is 0 Å². The lowest BCUT2D eigenvalue weighted by atomic mass is 10.2. The fourth-order valence-electron chi connectivity index (χ4n) is 2.28. The molecule has 0 fully saturated rings. The van der Waals surface area contributed by atoms with Gasteiger partial charge in [0.05, 0.1) is 9.77 Å². The number of carbonyl (C=O) groups is 1. The van der Waals surface area contributed by atoms with Crippen molar-refractivity contribution in [2.45, 2.75) is 24.8 Å². The normalized spacial score (nSPS) is 11.6. The summed E-state index contributed by atoms with van der Waals surface area (Å²) in [6.45, 7) is 2.19. The zero-order chi connectivity index (χ0) is 17.9. The Morgan fingerprint density at radius 1 is 1.08 bits per heavy atom. The summed E-state index contributed by atoms with van der Waals surface area (Å²) in [4.78, 5) is 13.9. The molecule has 0 aliphatic rings. The van der Waals surface area contributed by atoms with E-state index in [1.807, 2.05) is 29.8 Å². The molecule has 4 nitrogen and oxygen atoms in total. The maximum Gasteiger partial charge on any atom is 0.240 e. The zero-order valence-electron chi connectivity index (χ0n) is 13.6. The minimum Gasteiger partial charge on any atom is -0.288 e. The third-order valence-corrected chi connectivity index (χ3v) is 6.93. The Balaban J connectivity index is 1.68. The van der Waals surface area contributed by atoms with E-state index in [1.165, 1.54) is 22.7 Å². The first-order valence-corrected chi connectivity index (χ1v) is 11.0. The highest BCUT2D eigenvalue weighted by Gasteiger charge is 2.16. The lowest BCUT2D eigenvalue weighted by Gasteiger charge is -2.06. The van der Waals surface area contributed by atoms with E-state index in [2.05, 4.69) is 4.72 Å². The highest BCUT2D eigenvalue weighted by Crippen LogP contribution is 2.22. The second-order valence-corrected chi connectivity index (χ2v) is 9.14. The van der Waals surface area contributed by atoms with E-state index >= 15 is 0 Å². The highest BCUT2D eigenvalue weighted by atomic mass is 32.2. The lowest BCUT2D eigenvalue weighted by Crippen LogP contribution is -2.22. The van der Waals surface area contributed by atoms with Crippen LogP contribution in [-0.2, 0) is 23.0 Å². The average Bonchev–Trinajstić information content (AvgIpc) is 3.31. The number of nitrogens with one attached hydrogen (secondary N) is 1. The standard InChI is InChI=1S/C18H17NO3S3/c1-2-13-3-6-16(7-4-13)25(21,22)19-11-15-5-8-17(24-15)18(20)14-9-10-23-12-14/h3-10,12,19H,2,11H2,1H3. The van der Waals surface area contributed by atoms with E-state index < -0.39 is 10.0 Å². The molecule has 0 aliphatic carbocycles. The molecule has 130 valence electrons. The first-order valence-electron chi connectivity index (χ1n) is 7.74. The minimum atomic E-state index is -3.56. The Kier molecular flexibility index (Phi) is 5.48. The van der Waals surface area contributed by atoms with Crippen molar-refractivity contribution in [3.63, 3.8) is 0 Å². The van der Waals surface area contributed by atoms with Crippen LogP contribution in [0.3, 0.4) is 0 Å². The molecule has 2 heterocycles. The number of benzene rings is 1. The molecule has 0 radical (unpaired) electrons. The van der Waals surface area contributed by atoms with Crippen molar-refractivity contribution >= 4 is 38.5 Å². The Bertz CT molecular complexity index is 955. The molecule has 0 amide bonds. The maximum absolute atomic E-state index is 12.4. The summed E-state index contributed by atoms with van der Waals surface area (Å²) in [5.41, 5.74) is 1.75. The molecule has 1 N–H and O–H groups in total. The van der Waals surface area contributed by atoms with E-state index in [9.17, 15) is 13.2 Å². The third-order valence-electron chi connectivity index (χ3n) is 3.75. The maximum atomic E-state index is 12.4. The molecule has 0 bridgehead atoms. The SMILES string of the molecule is CCc1ccc(S(=O)(=O)NCc2ccc(C(=O)c3ccsc3)s2)cc1. The molecule has 25 heavy (non-hydrogen) atoms. The van der Waals surface area contributed by atoms with Crippen LogP contribution in [-0.4, -0.2) is 14.2 Å². The van der Waals surface area contributed by atoms with Gasteiger partial charge in [0.1, 0.15) is 0 Å². The topological polar surface area (TPSA) is 63.2 Å². The van der Waals surface area contributed by atoms with Gasteiger partial charge in [-0.05, 0) is 47.7 Å². The molecule has 7 heteroatoms. The van der Waals surface area contributed by atoms with Gasteiger partial charge in [-0.15, -0.1) is 11.3 Å². The molecule has 3 aromatic rings. The van der Waals surface area contributed by atoms with E-state index in [4.69, 9.17) is 0 Å². The van der Waals surface area contributed by atoms with Crippen molar-refractivity contribution in [3.8, 4) is 0 Å². The average molecular weight is 392 g/mol. The molecular weight excluding hydrogens is 374 g/mol. The van der Waals surface area contributed by atoms with E-state index in [-0.39, 0.29) is 17.2 Å². The van der Waals surface area contributed by atoms with Crippen molar-refractivity contribution in [1.82, 2.24) is 4.72 Å². The summed E-state index contributed by atoms with van der Waals surface area (Å²) in [5, 5.41) is 3.67. The molecule has 3 rings (SSSR count). The minimum absolute atomic E-state index is 0.0319. The van der Waals surface area contributed by atoms with Crippen molar-refractivity contribution in [1.29, 1.82) is 0 Å². The van der Waals surface area contributed by atoms with E-state index in [0.29, 0.717) is 10.4 Å². The number of thiophene rings is 2. The van der Waals surface area contributed by atoms with Gasteiger partial charge in [-0.2, -0.15) is 11.3 Å². The molecule has 0 atom stereocenters. The zero-order valence-corrected chi connectivity index (χ0v) is 16.0. The number of ketones is 1. The smallest absolute Gasteiger partial charge is 0.240 e. The molecule has 0 spiro atoms. The molecule has 0 unspecified atom stereocenters.